The highest BCUT2D eigenvalue weighted by Crippen LogP contribution is 2.39. The average molecular weight is 479 g/mol. The van der Waals surface area contributed by atoms with Gasteiger partial charge in [0.05, 0.1) is 0 Å². The molecule has 1 saturated heterocycles. The van der Waals surface area contributed by atoms with Crippen LogP contribution in [0.25, 0.3) is 0 Å². The van der Waals surface area contributed by atoms with E-state index in [0.717, 1.165) is 34.2 Å². The number of carbonyl (C=O) groups is 4. The van der Waals surface area contributed by atoms with E-state index < -0.39 is 17.5 Å². The van der Waals surface area contributed by atoms with Crippen molar-refractivity contribution < 1.29 is 19.2 Å². The second-order valence-corrected chi connectivity index (χ2v) is 8.85. The first kappa shape index (κ1) is 22.3. The van der Waals surface area contributed by atoms with Crippen molar-refractivity contribution in [2.24, 2.45) is 0 Å². The van der Waals surface area contributed by atoms with Crippen LogP contribution in [0.5, 0.6) is 0 Å². The summed E-state index contributed by atoms with van der Waals surface area (Å²) in [6.45, 7) is 1.69. The van der Waals surface area contributed by atoms with E-state index in [0.29, 0.717) is 18.5 Å². The van der Waals surface area contributed by atoms with E-state index in [1.807, 2.05) is 25.1 Å². The zero-order chi connectivity index (χ0) is 21.9. The van der Waals surface area contributed by atoms with E-state index in [2.05, 4.69) is 26.6 Å². The summed E-state index contributed by atoms with van der Waals surface area (Å²) in [7, 11) is 1.64. The summed E-state index contributed by atoms with van der Waals surface area (Å²) in [4.78, 5) is 52.4. The van der Waals surface area contributed by atoms with Crippen molar-refractivity contribution in [2.75, 3.05) is 25.5 Å². The van der Waals surface area contributed by atoms with Crippen LogP contribution in [-0.2, 0) is 14.4 Å². The van der Waals surface area contributed by atoms with Crippen LogP contribution in [0.1, 0.15) is 44.1 Å². The van der Waals surface area contributed by atoms with Gasteiger partial charge in [-0.2, -0.15) is 0 Å². The Morgan fingerprint density at radius 3 is 2.53 bits per heavy atom. The van der Waals surface area contributed by atoms with Crippen molar-refractivity contribution >= 4 is 45.4 Å². The molecule has 1 saturated carbocycles. The van der Waals surface area contributed by atoms with Crippen molar-refractivity contribution in [2.45, 2.75) is 51.0 Å². The van der Waals surface area contributed by atoms with Crippen LogP contribution in [0.3, 0.4) is 0 Å². The summed E-state index contributed by atoms with van der Waals surface area (Å²) < 4.78 is 0.859. The zero-order valence-electron chi connectivity index (χ0n) is 17.3. The Bertz CT molecular complexity index is 867. The van der Waals surface area contributed by atoms with Crippen molar-refractivity contribution in [3.05, 3.63) is 28.2 Å². The second kappa shape index (κ2) is 9.16. The molecule has 0 bridgehead atoms. The van der Waals surface area contributed by atoms with Gasteiger partial charge in [0.15, 0.2) is 0 Å². The van der Waals surface area contributed by atoms with Gasteiger partial charge in [0.1, 0.15) is 12.1 Å². The molecule has 0 unspecified atom stereocenters. The van der Waals surface area contributed by atoms with E-state index >= 15 is 0 Å². The normalized spacial score (nSPS) is 18.1. The van der Waals surface area contributed by atoms with Gasteiger partial charge in [-0.3, -0.25) is 19.3 Å². The summed E-state index contributed by atoms with van der Waals surface area (Å²) >= 11 is 3.37. The third-order valence-electron chi connectivity index (χ3n) is 5.93. The number of amides is 5. The number of likely N-dealkylation sites (N-methyl/N-ethyl adjacent to an activating group) is 1. The molecular weight excluding hydrogens is 452 g/mol. The van der Waals surface area contributed by atoms with Gasteiger partial charge in [0.2, 0.25) is 11.8 Å². The Balaban J connectivity index is 1.49. The summed E-state index contributed by atoms with van der Waals surface area (Å²) in [5.74, 6) is -0.970. The smallest absolute Gasteiger partial charge is 0.327 e. The van der Waals surface area contributed by atoms with Crippen LogP contribution in [0.15, 0.2) is 22.7 Å². The minimum Gasteiger partial charge on any atom is -0.354 e. The molecule has 162 valence electrons. The molecule has 1 heterocycles. The lowest BCUT2D eigenvalue weighted by atomic mass is 9.81. The van der Waals surface area contributed by atoms with Gasteiger partial charge in [0, 0.05) is 30.2 Å². The predicted molar refractivity (Wildman–Crippen MR) is 116 cm³/mol. The minimum atomic E-state index is -0.794. The number of benzene rings is 1. The lowest BCUT2D eigenvalue weighted by Gasteiger charge is -2.35. The molecule has 1 aromatic carbocycles. The molecule has 9 heteroatoms. The standard InChI is InChI=1S/C21H27BrN4O4/c1-14-6-7-15(22)12-16(14)24-17(27)8-11-23-18(28)13-26-19(29)21(25(2)20(26)30)9-4-3-5-10-21/h6-7,12H,3-5,8-11,13H2,1-2H3,(H,23,28)(H,24,27). The number of imide groups is 1. The minimum absolute atomic E-state index is 0.0867. The number of hydrogen-bond donors (Lipinski definition) is 2. The first-order valence-electron chi connectivity index (χ1n) is 10.2. The van der Waals surface area contributed by atoms with Gasteiger partial charge in [-0.05, 0) is 37.5 Å². The number of anilines is 1. The molecule has 8 nitrogen and oxygen atoms in total. The molecule has 2 fully saturated rings. The molecule has 2 aliphatic rings. The fourth-order valence-electron chi connectivity index (χ4n) is 4.13. The Hall–Kier alpha value is -2.42. The number of rotatable bonds is 6. The van der Waals surface area contributed by atoms with Crippen LogP contribution in [-0.4, -0.2) is 59.2 Å². The summed E-state index contributed by atoms with van der Waals surface area (Å²) in [6.07, 6.45) is 4.22. The highest BCUT2D eigenvalue weighted by molar-refractivity contribution is 9.10. The first-order valence-corrected chi connectivity index (χ1v) is 11.0. The van der Waals surface area contributed by atoms with Gasteiger partial charge in [0.25, 0.3) is 5.91 Å². The number of urea groups is 1. The van der Waals surface area contributed by atoms with Crippen LogP contribution >= 0.6 is 15.9 Å². The number of nitrogens with zero attached hydrogens (tertiary/aromatic N) is 2. The summed E-state index contributed by atoms with van der Waals surface area (Å²) in [5.41, 5.74) is 0.842. The Morgan fingerprint density at radius 2 is 1.83 bits per heavy atom. The molecule has 5 amide bonds. The molecule has 30 heavy (non-hydrogen) atoms. The molecule has 0 atom stereocenters. The van der Waals surface area contributed by atoms with E-state index in [-0.39, 0.29) is 31.3 Å². The van der Waals surface area contributed by atoms with Gasteiger partial charge >= 0.3 is 6.03 Å². The Kier molecular flexibility index (Phi) is 6.80. The molecule has 1 aliphatic heterocycles. The fraction of sp³-hybridized carbons (Fsp3) is 0.524. The van der Waals surface area contributed by atoms with Gasteiger partial charge < -0.3 is 15.5 Å². The second-order valence-electron chi connectivity index (χ2n) is 7.93. The molecule has 0 radical (unpaired) electrons. The Labute approximate surface area is 184 Å². The van der Waals surface area contributed by atoms with Crippen molar-refractivity contribution in [3.8, 4) is 0 Å². The molecule has 0 aromatic heterocycles. The highest BCUT2D eigenvalue weighted by atomic mass is 79.9. The van der Waals surface area contributed by atoms with Gasteiger partial charge in [-0.15, -0.1) is 0 Å². The quantitative estimate of drug-likeness (QED) is 0.613. The first-order chi connectivity index (χ1) is 14.2. The molecule has 1 aliphatic carbocycles. The third kappa shape index (κ3) is 4.50. The zero-order valence-corrected chi connectivity index (χ0v) is 18.9. The van der Waals surface area contributed by atoms with Crippen molar-refractivity contribution in [3.63, 3.8) is 0 Å². The molecule has 2 N–H and O–H groups in total. The number of aryl methyl sites for hydroxylation is 1. The van der Waals surface area contributed by atoms with Crippen LogP contribution in [0.2, 0.25) is 0 Å². The highest BCUT2D eigenvalue weighted by Gasteiger charge is 2.55. The molecule has 1 aromatic rings. The largest absolute Gasteiger partial charge is 0.354 e. The predicted octanol–water partition coefficient (Wildman–Crippen LogP) is 2.80. The van der Waals surface area contributed by atoms with E-state index in [1.54, 1.807) is 7.05 Å². The maximum atomic E-state index is 12.9. The van der Waals surface area contributed by atoms with Gasteiger partial charge in [-0.1, -0.05) is 41.3 Å². The average Bonchev–Trinajstić information content (AvgIpc) is 2.88. The number of halogens is 1. The van der Waals surface area contributed by atoms with E-state index in [9.17, 15) is 19.2 Å². The van der Waals surface area contributed by atoms with Crippen LogP contribution in [0, 0.1) is 6.92 Å². The fourth-order valence-corrected chi connectivity index (χ4v) is 4.49. The monoisotopic (exact) mass is 478 g/mol. The van der Waals surface area contributed by atoms with Crippen LogP contribution < -0.4 is 10.6 Å². The topological polar surface area (TPSA) is 98.8 Å². The van der Waals surface area contributed by atoms with Gasteiger partial charge in [-0.25, -0.2) is 4.79 Å². The third-order valence-corrected chi connectivity index (χ3v) is 6.43. The number of carbonyl (C=O) groups excluding carboxylic acids is 4. The molecular formula is C21H27BrN4O4. The SMILES string of the molecule is Cc1ccc(Br)cc1NC(=O)CCNC(=O)CN1C(=O)N(C)C2(CCCCC2)C1=O. The maximum absolute atomic E-state index is 12.9. The van der Waals surface area contributed by atoms with Crippen LogP contribution in [0.4, 0.5) is 10.5 Å². The van der Waals surface area contributed by atoms with Crippen molar-refractivity contribution in [1.82, 2.24) is 15.1 Å². The summed E-state index contributed by atoms with van der Waals surface area (Å²) in [6, 6.07) is 5.16. The Morgan fingerprint density at radius 1 is 1.13 bits per heavy atom. The number of nitrogens with one attached hydrogen (secondary N) is 2. The lowest BCUT2D eigenvalue weighted by molar-refractivity contribution is -0.137. The summed E-state index contributed by atoms with van der Waals surface area (Å²) in [5, 5.41) is 5.44. The van der Waals surface area contributed by atoms with Crippen molar-refractivity contribution in [1.29, 1.82) is 0 Å². The lowest BCUT2D eigenvalue weighted by Crippen LogP contribution is -2.49. The van der Waals surface area contributed by atoms with E-state index in [1.165, 1.54) is 4.90 Å². The molecule has 1 spiro atoms. The maximum Gasteiger partial charge on any atom is 0.327 e. The number of hydrogen-bond acceptors (Lipinski definition) is 4. The van der Waals surface area contributed by atoms with E-state index in [4.69, 9.17) is 0 Å². The molecule has 3 rings (SSSR count).